The lowest BCUT2D eigenvalue weighted by Gasteiger charge is -2.38. The third-order valence-electron chi connectivity index (χ3n) is 6.96. The van der Waals surface area contributed by atoms with Crippen molar-refractivity contribution in [2.45, 2.75) is 58.2 Å². The zero-order valence-corrected chi connectivity index (χ0v) is 20.9. The van der Waals surface area contributed by atoms with Crippen molar-refractivity contribution in [1.82, 2.24) is 15.1 Å². The zero-order valence-electron chi connectivity index (χ0n) is 20.1. The lowest BCUT2D eigenvalue weighted by molar-refractivity contribution is -0.120. The number of carbonyl (C=O) groups excluding carboxylic acids is 3. The second kappa shape index (κ2) is 11.1. The number of imide groups is 1. The molecule has 9 heteroatoms. The van der Waals surface area contributed by atoms with Crippen molar-refractivity contribution in [3.05, 3.63) is 28.8 Å². The number of anilines is 1. The van der Waals surface area contributed by atoms with Gasteiger partial charge in [-0.2, -0.15) is 0 Å². The Morgan fingerprint density at radius 1 is 1.09 bits per heavy atom. The molecule has 186 valence electrons. The first-order valence-corrected chi connectivity index (χ1v) is 12.8. The fourth-order valence-corrected chi connectivity index (χ4v) is 5.35. The minimum atomic E-state index is -0.511. The quantitative estimate of drug-likeness (QED) is 0.659. The molecule has 3 heterocycles. The second-order valence-electron chi connectivity index (χ2n) is 9.84. The van der Waals surface area contributed by atoms with Gasteiger partial charge in [-0.3, -0.25) is 19.8 Å². The molecule has 1 aromatic carbocycles. The average Bonchev–Trinajstić information content (AvgIpc) is 2.81. The lowest BCUT2D eigenvalue weighted by Crippen LogP contribution is -2.49. The molecule has 3 fully saturated rings. The summed E-state index contributed by atoms with van der Waals surface area (Å²) in [6, 6.07) is 4.50. The molecule has 1 N–H and O–H groups in total. The number of amides is 4. The Morgan fingerprint density at radius 3 is 2.44 bits per heavy atom. The first-order valence-electron chi connectivity index (χ1n) is 12.4. The fourth-order valence-electron chi connectivity index (χ4n) is 5.13. The highest BCUT2D eigenvalue weighted by molar-refractivity contribution is 6.34. The van der Waals surface area contributed by atoms with E-state index in [9.17, 15) is 14.4 Å². The molecule has 3 aliphatic rings. The first-order chi connectivity index (χ1) is 16.3. The molecule has 3 aliphatic heterocycles. The number of ether oxygens (including phenoxy) is 1. The molecule has 8 nitrogen and oxygen atoms in total. The van der Waals surface area contributed by atoms with E-state index in [0.717, 1.165) is 58.4 Å². The Morgan fingerprint density at radius 2 is 1.79 bits per heavy atom. The number of hydrogen-bond acceptors (Lipinski definition) is 5. The third-order valence-corrected chi connectivity index (χ3v) is 7.27. The summed E-state index contributed by atoms with van der Waals surface area (Å²) < 4.78 is 5.96. The van der Waals surface area contributed by atoms with Crippen LogP contribution in [0.25, 0.3) is 0 Å². The van der Waals surface area contributed by atoms with E-state index in [1.165, 1.54) is 4.90 Å². The summed E-state index contributed by atoms with van der Waals surface area (Å²) in [6.45, 7) is 9.15. The summed E-state index contributed by atoms with van der Waals surface area (Å²) in [7, 11) is 0. The van der Waals surface area contributed by atoms with Gasteiger partial charge >= 0.3 is 6.03 Å². The van der Waals surface area contributed by atoms with Crippen molar-refractivity contribution >= 4 is 35.1 Å². The molecule has 3 saturated heterocycles. The van der Waals surface area contributed by atoms with Gasteiger partial charge in [0.2, 0.25) is 5.91 Å². The smallest absolute Gasteiger partial charge is 0.328 e. The minimum absolute atomic E-state index is 0.0449. The summed E-state index contributed by atoms with van der Waals surface area (Å²) in [5.41, 5.74) is 0.965. The number of halogens is 1. The predicted molar refractivity (Wildman–Crippen MR) is 131 cm³/mol. The van der Waals surface area contributed by atoms with Gasteiger partial charge in [-0.25, -0.2) is 4.79 Å². The van der Waals surface area contributed by atoms with Gasteiger partial charge in [-0.15, -0.1) is 0 Å². The standard InChI is InChI=1S/C25H35ClN4O4/c1-17(2)34-20-7-10-28(11-8-20)16-18-5-12-29(13-6-18)24(32)19-3-4-21(26)22(15-19)30-14-9-23(31)27-25(30)33/h3-4,15,17-18,20H,5-14,16H2,1-2H3,(H,27,31,33). The van der Waals surface area contributed by atoms with Gasteiger partial charge in [-0.05, 0) is 63.6 Å². The van der Waals surface area contributed by atoms with E-state index >= 15 is 0 Å². The van der Waals surface area contributed by atoms with Crippen molar-refractivity contribution in [2.75, 3.05) is 44.2 Å². The Balaban J connectivity index is 1.29. The molecule has 0 atom stereocenters. The van der Waals surface area contributed by atoms with Crippen LogP contribution in [0.2, 0.25) is 5.02 Å². The van der Waals surface area contributed by atoms with Gasteiger partial charge < -0.3 is 14.5 Å². The molecular weight excluding hydrogens is 456 g/mol. The number of rotatable bonds is 6. The first kappa shape index (κ1) is 24.9. The van der Waals surface area contributed by atoms with E-state index in [2.05, 4.69) is 24.1 Å². The maximum Gasteiger partial charge on any atom is 0.328 e. The van der Waals surface area contributed by atoms with Crippen LogP contribution in [0.4, 0.5) is 10.5 Å². The van der Waals surface area contributed by atoms with Gasteiger partial charge in [0, 0.05) is 51.3 Å². The van der Waals surface area contributed by atoms with E-state index in [-0.39, 0.29) is 30.9 Å². The minimum Gasteiger partial charge on any atom is -0.375 e. The zero-order chi connectivity index (χ0) is 24.2. The van der Waals surface area contributed by atoms with E-state index in [0.29, 0.717) is 28.3 Å². The monoisotopic (exact) mass is 490 g/mol. The normalized spacial score (nSPS) is 21.3. The van der Waals surface area contributed by atoms with Crippen LogP contribution in [-0.4, -0.2) is 79.1 Å². The third kappa shape index (κ3) is 6.09. The Hall–Kier alpha value is -2.16. The van der Waals surface area contributed by atoms with Gasteiger partial charge in [0.15, 0.2) is 0 Å². The molecule has 0 saturated carbocycles. The van der Waals surface area contributed by atoms with E-state index in [1.54, 1.807) is 18.2 Å². The Kier molecular flexibility index (Phi) is 8.11. The molecule has 0 bridgehead atoms. The molecule has 4 amide bonds. The highest BCUT2D eigenvalue weighted by Gasteiger charge is 2.29. The number of nitrogens with one attached hydrogen (secondary N) is 1. The van der Waals surface area contributed by atoms with Crippen LogP contribution < -0.4 is 10.2 Å². The van der Waals surface area contributed by atoms with Crippen LogP contribution in [0.5, 0.6) is 0 Å². The van der Waals surface area contributed by atoms with Crippen molar-refractivity contribution in [1.29, 1.82) is 0 Å². The molecule has 0 spiro atoms. The van der Waals surface area contributed by atoms with Crippen LogP contribution >= 0.6 is 11.6 Å². The summed E-state index contributed by atoms with van der Waals surface area (Å²) >= 11 is 6.32. The number of benzene rings is 1. The topological polar surface area (TPSA) is 82.2 Å². The SMILES string of the molecule is CC(C)OC1CCN(CC2CCN(C(=O)c3ccc(Cl)c(N4CCC(=O)NC4=O)c3)CC2)CC1. The number of carbonyl (C=O) groups is 3. The van der Waals surface area contributed by atoms with Gasteiger partial charge in [0.05, 0.1) is 22.9 Å². The molecule has 0 radical (unpaired) electrons. The molecule has 1 aromatic rings. The summed E-state index contributed by atoms with van der Waals surface area (Å²) in [5.74, 6) is 0.249. The van der Waals surface area contributed by atoms with Gasteiger partial charge in [-0.1, -0.05) is 11.6 Å². The second-order valence-corrected chi connectivity index (χ2v) is 10.2. The molecule has 34 heavy (non-hydrogen) atoms. The van der Waals surface area contributed by atoms with Crippen LogP contribution in [0.15, 0.2) is 18.2 Å². The molecule has 0 aliphatic carbocycles. The van der Waals surface area contributed by atoms with E-state index in [1.807, 2.05) is 4.90 Å². The van der Waals surface area contributed by atoms with Crippen molar-refractivity contribution in [3.63, 3.8) is 0 Å². The van der Waals surface area contributed by atoms with Crippen molar-refractivity contribution in [2.24, 2.45) is 5.92 Å². The predicted octanol–water partition coefficient (Wildman–Crippen LogP) is 3.53. The number of hydrogen-bond donors (Lipinski definition) is 1. The Bertz CT molecular complexity index is 908. The van der Waals surface area contributed by atoms with Gasteiger partial charge in [0.1, 0.15) is 0 Å². The van der Waals surface area contributed by atoms with Crippen LogP contribution in [0.1, 0.15) is 56.3 Å². The summed E-state index contributed by atoms with van der Waals surface area (Å²) in [5, 5.41) is 2.68. The van der Waals surface area contributed by atoms with Crippen LogP contribution in [-0.2, 0) is 9.53 Å². The van der Waals surface area contributed by atoms with E-state index < -0.39 is 6.03 Å². The van der Waals surface area contributed by atoms with Crippen molar-refractivity contribution in [3.8, 4) is 0 Å². The molecule has 4 rings (SSSR count). The molecule has 0 aromatic heterocycles. The number of nitrogens with zero attached hydrogens (tertiary/aromatic N) is 3. The van der Waals surface area contributed by atoms with Crippen LogP contribution in [0.3, 0.4) is 0 Å². The number of piperidine rings is 2. The highest BCUT2D eigenvalue weighted by atomic mass is 35.5. The highest BCUT2D eigenvalue weighted by Crippen LogP contribution is 2.30. The Labute approximate surface area is 206 Å². The van der Waals surface area contributed by atoms with Gasteiger partial charge in [0.25, 0.3) is 5.91 Å². The number of likely N-dealkylation sites (tertiary alicyclic amines) is 2. The van der Waals surface area contributed by atoms with Crippen molar-refractivity contribution < 1.29 is 19.1 Å². The maximum absolute atomic E-state index is 13.2. The maximum atomic E-state index is 13.2. The number of urea groups is 1. The van der Waals surface area contributed by atoms with E-state index in [4.69, 9.17) is 16.3 Å². The molecule has 0 unspecified atom stereocenters. The summed E-state index contributed by atoms with van der Waals surface area (Å²) in [6.07, 6.45) is 5.05. The lowest BCUT2D eigenvalue weighted by atomic mass is 9.94. The van der Waals surface area contributed by atoms with Crippen LogP contribution in [0, 0.1) is 5.92 Å². The average molecular weight is 491 g/mol. The largest absolute Gasteiger partial charge is 0.375 e. The summed E-state index contributed by atoms with van der Waals surface area (Å²) in [4.78, 5) is 42.7. The molecular formula is C25H35ClN4O4. The fraction of sp³-hybridized carbons (Fsp3) is 0.640.